The maximum Gasteiger partial charge on any atom is 0.272 e. The fraction of sp³-hybridized carbons (Fsp3) is 0.600. The number of halogens is 3. The molecular weight excluding hydrogens is 389 g/mol. The summed E-state index contributed by atoms with van der Waals surface area (Å²) in [6, 6.07) is 4.23. The molecule has 2 aliphatic rings. The zero-order valence-electron chi connectivity index (χ0n) is 12.3. The molecule has 0 bridgehead atoms. The molecule has 1 aromatic heterocycles. The Hall–Kier alpha value is -0.360. The highest BCUT2D eigenvalue weighted by molar-refractivity contribution is 9.10. The van der Waals surface area contributed by atoms with Gasteiger partial charge in [0.2, 0.25) is 0 Å². The second-order valence-electron chi connectivity index (χ2n) is 5.78. The SMILES string of the molecule is Cl.Cl.O=C(c1ccc(Br)cn1)N1CCC(NCC2CC2)CC1. The molecule has 2 heterocycles. The molecule has 1 N–H and O–H groups in total. The van der Waals surface area contributed by atoms with Gasteiger partial charge in [-0.2, -0.15) is 0 Å². The van der Waals surface area contributed by atoms with Crippen molar-refractivity contribution < 1.29 is 4.79 Å². The zero-order valence-corrected chi connectivity index (χ0v) is 15.6. The van der Waals surface area contributed by atoms with Gasteiger partial charge >= 0.3 is 0 Å². The standard InChI is InChI=1S/C15H20BrN3O.2ClH/c16-12-3-4-14(18-10-12)15(20)19-7-5-13(6-8-19)17-9-11-1-2-11;;/h3-4,10-11,13,17H,1-2,5-9H2;2*1H. The van der Waals surface area contributed by atoms with E-state index < -0.39 is 0 Å². The minimum atomic E-state index is 0. The predicted octanol–water partition coefficient (Wildman–Crippen LogP) is 3.29. The molecule has 124 valence electrons. The van der Waals surface area contributed by atoms with Gasteiger partial charge in [0, 0.05) is 29.8 Å². The normalized spacial score (nSPS) is 18.3. The van der Waals surface area contributed by atoms with Gasteiger partial charge in [-0.05, 0) is 66.2 Å². The molecular formula is C15H22BrCl2N3O. The number of carbonyl (C=O) groups excluding carboxylic acids is 1. The molecule has 2 fully saturated rings. The minimum absolute atomic E-state index is 0. The monoisotopic (exact) mass is 409 g/mol. The Morgan fingerprint density at radius 3 is 2.45 bits per heavy atom. The Morgan fingerprint density at radius 2 is 1.91 bits per heavy atom. The summed E-state index contributed by atoms with van der Waals surface area (Å²) in [5.41, 5.74) is 0.539. The number of nitrogens with one attached hydrogen (secondary N) is 1. The Morgan fingerprint density at radius 1 is 1.23 bits per heavy atom. The third kappa shape index (κ3) is 5.37. The fourth-order valence-electron chi connectivity index (χ4n) is 2.61. The van der Waals surface area contributed by atoms with Crippen molar-refractivity contribution in [2.75, 3.05) is 19.6 Å². The molecule has 1 aliphatic carbocycles. The molecule has 1 aromatic rings. The highest BCUT2D eigenvalue weighted by Crippen LogP contribution is 2.28. The molecule has 0 atom stereocenters. The van der Waals surface area contributed by atoms with Crippen LogP contribution in [0.2, 0.25) is 0 Å². The molecule has 0 unspecified atom stereocenters. The molecule has 3 rings (SSSR count). The molecule has 1 saturated carbocycles. The highest BCUT2D eigenvalue weighted by Gasteiger charge is 2.26. The summed E-state index contributed by atoms with van der Waals surface area (Å²) < 4.78 is 0.900. The lowest BCUT2D eigenvalue weighted by atomic mass is 10.0. The molecule has 0 radical (unpaired) electrons. The van der Waals surface area contributed by atoms with Gasteiger partial charge in [0.25, 0.3) is 5.91 Å². The second-order valence-corrected chi connectivity index (χ2v) is 6.70. The fourth-order valence-corrected chi connectivity index (χ4v) is 2.84. The van der Waals surface area contributed by atoms with Crippen LogP contribution in [0.4, 0.5) is 0 Å². The molecule has 22 heavy (non-hydrogen) atoms. The van der Waals surface area contributed by atoms with E-state index in [9.17, 15) is 4.79 Å². The lowest BCUT2D eigenvalue weighted by Gasteiger charge is -2.32. The van der Waals surface area contributed by atoms with Gasteiger partial charge in [-0.25, -0.2) is 4.98 Å². The minimum Gasteiger partial charge on any atom is -0.337 e. The van der Waals surface area contributed by atoms with Gasteiger partial charge in [0.05, 0.1) is 0 Å². The van der Waals surface area contributed by atoms with Crippen LogP contribution in [0.3, 0.4) is 0 Å². The van der Waals surface area contributed by atoms with E-state index in [1.807, 2.05) is 11.0 Å². The average molecular weight is 411 g/mol. The summed E-state index contributed by atoms with van der Waals surface area (Å²) >= 11 is 3.34. The maximum absolute atomic E-state index is 12.3. The van der Waals surface area contributed by atoms with Crippen LogP contribution >= 0.6 is 40.7 Å². The first-order chi connectivity index (χ1) is 9.72. The Kier molecular flexibility index (Phi) is 8.11. The Bertz CT molecular complexity index is 474. The average Bonchev–Trinajstić information content (AvgIpc) is 3.30. The first kappa shape index (κ1) is 19.7. The molecule has 0 aromatic carbocycles. The summed E-state index contributed by atoms with van der Waals surface area (Å²) in [5, 5.41) is 3.63. The van der Waals surface area contributed by atoms with E-state index in [0.29, 0.717) is 11.7 Å². The van der Waals surface area contributed by atoms with Crippen molar-refractivity contribution in [1.82, 2.24) is 15.2 Å². The van der Waals surface area contributed by atoms with E-state index in [0.717, 1.165) is 42.9 Å². The molecule has 1 aliphatic heterocycles. The summed E-state index contributed by atoms with van der Waals surface area (Å²) in [6.07, 6.45) is 6.56. The van der Waals surface area contributed by atoms with E-state index >= 15 is 0 Å². The third-order valence-corrected chi connectivity index (χ3v) is 4.59. The summed E-state index contributed by atoms with van der Waals surface area (Å²) in [5.74, 6) is 0.972. The van der Waals surface area contributed by atoms with Crippen molar-refractivity contribution in [3.8, 4) is 0 Å². The van der Waals surface area contributed by atoms with Gasteiger partial charge < -0.3 is 10.2 Å². The first-order valence-corrected chi connectivity index (χ1v) is 8.16. The van der Waals surface area contributed by atoms with Crippen LogP contribution < -0.4 is 5.32 Å². The van der Waals surface area contributed by atoms with Gasteiger partial charge in [0.1, 0.15) is 5.69 Å². The zero-order chi connectivity index (χ0) is 13.9. The van der Waals surface area contributed by atoms with Crippen LogP contribution in [0.25, 0.3) is 0 Å². The lowest BCUT2D eigenvalue weighted by molar-refractivity contribution is 0.0699. The number of hydrogen-bond acceptors (Lipinski definition) is 3. The summed E-state index contributed by atoms with van der Waals surface area (Å²) in [7, 11) is 0. The van der Waals surface area contributed by atoms with Crippen molar-refractivity contribution in [2.45, 2.75) is 31.7 Å². The summed E-state index contributed by atoms with van der Waals surface area (Å²) in [4.78, 5) is 18.4. The van der Waals surface area contributed by atoms with Crippen molar-refractivity contribution in [3.05, 3.63) is 28.5 Å². The smallest absolute Gasteiger partial charge is 0.272 e. The van der Waals surface area contributed by atoms with Crippen LogP contribution in [0.15, 0.2) is 22.8 Å². The van der Waals surface area contributed by atoms with E-state index in [1.54, 1.807) is 12.3 Å². The van der Waals surface area contributed by atoms with Crippen LogP contribution in [-0.2, 0) is 0 Å². The number of rotatable bonds is 4. The number of piperidine rings is 1. The number of carbonyl (C=O) groups is 1. The van der Waals surface area contributed by atoms with E-state index in [2.05, 4.69) is 26.2 Å². The number of pyridine rings is 1. The Balaban J connectivity index is 0.00000121. The largest absolute Gasteiger partial charge is 0.337 e. The number of amides is 1. The van der Waals surface area contributed by atoms with E-state index in [1.165, 1.54) is 12.8 Å². The van der Waals surface area contributed by atoms with Crippen LogP contribution in [0, 0.1) is 5.92 Å². The Labute approximate surface area is 152 Å². The van der Waals surface area contributed by atoms with Crippen molar-refractivity contribution >= 4 is 46.7 Å². The van der Waals surface area contributed by atoms with Gasteiger partial charge in [0.15, 0.2) is 0 Å². The quantitative estimate of drug-likeness (QED) is 0.828. The number of hydrogen-bond donors (Lipinski definition) is 1. The maximum atomic E-state index is 12.3. The molecule has 4 nitrogen and oxygen atoms in total. The summed E-state index contributed by atoms with van der Waals surface area (Å²) in [6.45, 7) is 2.82. The second kappa shape index (κ2) is 9.06. The predicted molar refractivity (Wildman–Crippen MR) is 96.1 cm³/mol. The molecule has 1 amide bonds. The molecule has 7 heteroatoms. The number of aromatic nitrogens is 1. The lowest BCUT2D eigenvalue weighted by Crippen LogP contribution is -2.45. The van der Waals surface area contributed by atoms with Crippen molar-refractivity contribution in [3.63, 3.8) is 0 Å². The van der Waals surface area contributed by atoms with Gasteiger partial charge in [-0.1, -0.05) is 0 Å². The van der Waals surface area contributed by atoms with Crippen LogP contribution in [0.5, 0.6) is 0 Å². The van der Waals surface area contributed by atoms with E-state index in [4.69, 9.17) is 0 Å². The van der Waals surface area contributed by atoms with Crippen molar-refractivity contribution in [2.24, 2.45) is 5.92 Å². The van der Waals surface area contributed by atoms with Gasteiger partial charge in [-0.3, -0.25) is 4.79 Å². The van der Waals surface area contributed by atoms with Crippen LogP contribution in [0.1, 0.15) is 36.2 Å². The van der Waals surface area contributed by atoms with Crippen LogP contribution in [-0.4, -0.2) is 41.5 Å². The first-order valence-electron chi connectivity index (χ1n) is 7.36. The number of nitrogens with zero attached hydrogens (tertiary/aromatic N) is 2. The third-order valence-electron chi connectivity index (χ3n) is 4.12. The molecule has 0 spiro atoms. The van der Waals surface area contributed by atoms with E-state index in [-0.39, 0.29) is 30.7 Å². The number of likely N-dealkylation sites (tertiary alicyclic amines) is 1. The van der Waals surface area contributed by atoms with Crippen molar-refractivity contribution in [1.29, 1.82) is 0 Å². The highest BCUT2D eigenvalue weighted by atomic mass is 79.9. The van der Waals surface area contributed by atoms with Gasteiger partial charge in [-0.15, -0.1) is 24.8 Å². The molecule has 1 saturated heterocycles. The topological polar surface area (TPSA) is 45.2 Å².